The number of fused-ring (bicyclic) bond motifs is 1. The van der Waals surface area contributed by atoms with Crippen LogP contribution in [-0.4, -0.2) is 47.2 Å². The number of halogens is 6. The number of carbonyl (C=O) groups excluding carboxylic acids is 2. The molecule has 4 rings (SSSR count). The van der Waals surface area contributed by atoms with Gasteiger partial charge in [-0.1, -0.05) is 40.9 Å². The molecule has 1 aromatic heterocycles. The molecule has 4 aromatic rings. The van der Waals surface area contributed by atoms with Crippen molar-refractivity contribution in [2.24, 2.45) is 17.8 Å². The number of aliphatic imine (C=N–C) groups is 1. The number of nitrogens with two attached hydrogens (primary N) is 1. The number of nitrogens with zero attached hydrogens (tertiary/aromatic N) is 3. The van der Waals surface area contributed by atoms with Gasteiger partial charge in [0, 0.05) is 32.4 Å². The molecule has 3 aromatic carbocycles. The Balaban J connectivity index is 1.67. The van der Waals surface area contributed by atoms with Gasteiger partial charge in [-0.2, -0.15) is 0 Å². The Kier molecular flexibility index (Phi) is 10.8. The molecule has 0 unspecified atom stereocenters. The van der Waals surface area contributed by atoms with Gasteiger partial charge in [-0.15, -0.1) is 0 Å². The van der Waals surface area contributed by atoms with Crippen LogP contribution in [0.15, 0.2) is 59.7 Å². The van der Waals surface area contributed by atoms with Crippen molar-refractivity contribution in [2.75, 3.05) is 24.3 Å². The highest BCUT2D eigenvalue weighted by molar-refractivity contribution is 6.43. The van der Waals surface area contributed by atoms with Crippen molar-refractivity contribution in [3.8, 4) is 5.75 Å². The van der Waals surface area contributed by atoms with E-state index in [-0.39, 0.29) is 56.0 Å². The van der Waals surface area contributed by atoms with Gasteiger partial charge >= 0.3 is 0 Å². The van der Waals surface area contributed by atoms with E-state index in [0.29, 0.717) is 16.6 Å². The second kappa shape index (κ2) is 14.5. The molecule has 0 spiro atoms. The molecule has 45 heavy (non-hydrogen) atoms. The number of nitrogens with one attached hydrogen (secondary N) is 3. The van der Waals surface area contributed by atoms with E-state index >= 15 is 0 Å². The van der Waals surface area contributed by atoms with E-state index in [4.69, 9.17) is 45.3 Å². The standard InChI is InChI=1S/C29H25Cl3F3N7O3/c1-37-20(7-8-36)28(44)38-12-14-3-5-17(30)26(25(14)32)41-29-40-21-10-16(23(45-13-24(34)35)11-22(21)42(29)2)27(43)39-15-4-6-19(33)18(31)9-15/h3-11,24H,12-13,36H2,1-2H3,(H,38,44)(H,39,43)(H,40,41)/b8-7-,37-20+. The summed E-state index contributed by atoms with van der Waals surface area (Å²) in [6.07, 6.45) is -0.258. The van der Waals surface area contributed by atoms with Gasteiger partial charge in [0.05, 0.1) is 37.4 Å². The maximum atomic E-state index is 13.6. The Hall–Kier alpha value is -4.46. The number of alkyl halides is 2. The third-order valence-electron chi connectivity index (χ3n) is 6.34. The van der Waals surface area contributed by atoms with Crippen LogP contribution >= 0.6 is 34.8 Å². The normalized spacial score (nSPS) is 11.8. The second-order valence-corrected chi connectivity index (χ2v) is 10.5. The summed E-state index contributed by atoms with van der Waals surface area (Å²) in [4.78, 5) is 34.0. The lowest BCUT2D eigenvalue weighted by Gasteiger charge is -2.14. The van der Waals surface area contributed by atoms with Crippen LogP contribution in [0.25, 0.3) is 11.0 Å². The van der Waals surface area contributed by atoms with E-state index in [2.05, 4.69) is 25.9 Å². The first-order chi connectivity index (χ1) is 21.4. The summed E-state index contributed by atoms with van der Waals surface area (Å²) in [5, 5.41) is 8.53. The molecule has 1 heterocycles. The number of hydrogen-bond acceptors (Lipinski definition) is 7. The molecule has 0 saturated heterocycles. The van der Waals surface area contributed by atoms with E-state index < -0.39 is 30.7 Å². The first-order valence-electron chi connectivity index (χ1n) is 13.0. The number of benzene rings is 3. The first kappa shape index (κ1) is 33.4. The van der Waals surface area contributed by atoms with E-state index in [9.17, 15) is 22.8 Å². The maximum absolute atomic E-state index is 13.6. The van der Waals surface area contributed by atoms with Crippen molar-refractivity contribution < 1.29 is 27.5 Å². The molecule has 0 aliphatic rings. The highest BCUT2D eigenvalue weighted by Gasteiger charge is 2.21. The van der Waals surface area contributed by atoms with Crippen LogP contribution in [0.2, 0.25) is 15.1 Å². The smallest absolute Gasteiger partial charge is 0.272 e. The number of amides is 2. The SMILES string of the molecule is C/N=C(\C=C/N)C(=O)NCc1ccc(Cl)c(Nc2nc3cc(C(=O)Nc4ccc(F)c(Cl)c4)c(OCC(F)F)cc3n2C)c1Cl. The van der Waals surface area contributed by atoms with Gasteiger partial charge in [-0.05, 0) is 48.2 Å². The molecular formula is C29H25Cl3F3N7O3. The number of aromatic nitrogens is 2. The minimum absolute atomic E-state index is 0.0338. The van der Waals surface area contributed by atoms with Crippen LogP contribution in [0.3, 0.4) is 0 Å². The Morgan fingerprint density at radius 2 is 1.89 bits per heavy atom. The Morgan fingerprint density at radius 1 is 1.13 bits per heavy atom. The zero-order valence-corrected chi connectivity index (χ0v) is 25.9. The Labute approximate surface area is 270 Å². The zero-order valence-electron chi connectivity index (χ0n) is 23.6. The summed E-state index contributed by atoms with van der Waals surface area (Å²) in [7, 11) is 3.09. The van der Waals surface area contributed by atoms with Crippen molar-refractivity contribution >= 4 is 80.7 Å². The third-order valence-corrected chi connectivity index (χ3v) is 7.38. The third kappa shape index (κ3) is 7.80. The van der Waals surface area contributed by atoms with E-state index in [1.165, 1.54) is 43.6 Å². The number of rotatable bonds is 11. The quantitative estimate of drug-likeness (QED) is 0.134. The highest BCUT2D eigenvalue weighted by atomic mass is 35.5. The average Bonchev–Trinajstić information content (AvgIpc) is 3.31. The Bertz CT molecular complexity index is 1830. The fourth-order valence-electron chi connectivity index (χ4n) is 4.12. The molecule has 0 radical (unpaired) electrons. The van der Waals surface area contributed by atoms with Crippen LogP contribution in [0.5, 0.6) is 5.75 Å². The van der Waals surface area contributed by atoms with Crippen molar-refractivity contribution in [2.45, 2.75) is 13.0 Å². The van der Waals surface area contributed by atoms with Gasteiger partial charge < -0.3 is 31.0 Å². The summed E-state index contributed by atoms with van der Waals surface area (Å²) in [6, 6.07) is 9.53. The van der Waals surface area contributed by atoms with Crippen molar-refractivity contribution in [1.82, 2.24) is 14.9 Å². The fraction of sp³-hybridized carbons (Fsp3) is 0.172. The van der Waals surface area contributed by atoms with E-state index in [0.717, 1.165) is 6.07 Å². The number of anilines is 3. The molecule has 236 valence electrons. The summed E-state index contributed by atoms with van der Waals surface area (Å²) >= 11 is 18.9. The highest BCUT2D eigenvalue weighted by Crippen LogP contribution is 2.37. The fourth-order valence-corrected chi connectivity index (χ4v) is 4.83. The molecule has 0 aliphatic heterocycles. The molecule has 0 bridgehead atoms. The molecular weight excluding hydrogens is 658 g/mol. The van der Waals surface area contributed by atoms with Crippen LogP contribution in [0, 0.1) is 5.82 Å². The molecule has 0 fully saturated rings. The lowest BCUT2D eigenvalue weighted by Crippen LogP contribution is -2.29. The zero-order chi connectivity index (χ0) is 32.8. The predicted octanol–water partition coefficient (Wildman–Crippen LogP) is 6.47. The second-order valence-electron chi connectivity index (χ2n) is 9.29. The molecule has 0 atom stereocenters. The molecule has 0 aliphatic carbocycles. The number of carbonyl (C=O) groups is 2. The average molecular weight is 683 g/mol. The minimum Gasteiger partial charge on any atom is -0.487 e. The van der Waals surface area contributed by atoms with Crippen LogP contribution in [-0.2, 0) is 18.4 Å². The van der Waals surface area contributed by atoms with Crippen LogP contribution < -0.4 is 26.4 Å². The van der Waals surface area contributed by atoms with Crippen molar-refractivity contribution in [1.29, 1.82) is 0 Å². The number of aryl methyl sites for hydroxylation is 1. The monoisotopic (exact) mass is 681 g/mol. The number of imidazole rings is 1. The van der Waals surface area contributed by atoms with Gasteiger partial charge in [0.2, 0.25) is 5.95 Å². The molecule has 0 saturated carbocycles. The van der Waals surface area contributed by atoms with Crippen molar-refractivity contribution in [3.63, 3.8) is 0 Å². The lowest BCUT2D eigenvalue weighted by atomic mass is 10.1. The summed E-state index contributed by atoms with van der Waals surface area (Å²) in [5.74, 6) is -1.80. The van der Waals surface area contributed by atoms with E-state index in [1.54, 1.807) is 23.7 Å². The van der Waals surface area contributed by atoms with Crippen LogP contribution in [0.4, 0.5) is 30.5 Å². The van der Waals surface area contributed by atoms with Gasteiger partial charge in [0.25, 0.3) is 18.2 Å². The molecule has 16 heteroatoms. The number of hydrogen-bond donors (Lipinski definition) is 4. The van der Waals surface area contributed by atoms with Gasteiger partial charge in [-0.3, -0.25) is 14.6 Å². The molecule has 5 N–H and O–H groups in total. The van der Waals surface area contributed by atoms with Gasteiger partial charge in [0.15, 0.2) is 0 Å². The molecule has 2 amide bonds. The summed E-state index contributed by atoms with van der Waals surface area (Å²) in [6.45, 7) is -0.939. The first-order valence-corrected chi connectivity index (χ1v) is 14.1. The predicted molar refractivity (Wildman–Crippen MR) is 170 cm³/mol. The summed E-state index contributed by atoms with van der Waals surface area (Å²) < 4.78 is 46.6. The van der Waals surface area contributed by atoms with Gasteiger partial charge in [0.1, 0.15) is 23.9 Å². The van der Waals surface area contributed by atoms with E-state index in [1.807, 2.05) is 0 Å². The van der Waals surface area contributed by atoms with Gasteiger partial charge in [-0.25, -0.2) is 18.2 Å². The topological polar surface area (TPSA) is 136 Å². The largest absolute Gasteiger partial charge is 0.487 e. The maximum Gasteiger partial charge on any atom is 0.272 e. The van der Waals surface area contributed by atoms with Crippen molar-refractivity contribution in [3.05, 3.63) is 86.8 Å². The van der Waals surface area contributed by atoms with Crippen LogP contribution in [0.1, 0.15) is 15.9 Å². The Morgan fingerprint density at radius 3 is 2.56 bits per heavy atom. The number of ether oxygens (including phenoxy) is 1. The lowest BCUT2D eigenvalue weighted by molar-refractivity contribution is -0.114. The minimum atomic E-state index is -2.81. The summed E-state index contributed by atoms with van der Waals surface area (Å²) in [5.41, 5.74) is 7.04. The molecule has 10 nitrogen and oxygen atoms in total.